The molecule has 0 amide bonds. The van der Waals surface area contributed by atoms with Gasteiger partial charge in [-0.05, 0) is 12.8 Å². The van der Waals surface area contributed by atoms with E-state index < -0.39 is 0 Å². The van der Waals surface area contributed by atoms with Crippen LogP contribution in [0.5, 0.6) is 0 Å². The molecule has 41 heavy (non-hydrogen) atoms. The maximum atomic E-state index is 11.9. The van der Waals surface area contributed by atoms with Crippen LogP contribution in [0.4, 0.5) is 0 Å². The molecule has 0 saturated carbocycles. The molecule has 0 bridgehead atoms. The molecule has 0 atom stereocenters. The topological polar surface area (TPSA) is 43.4 Å². The molecular weight excluding hydrogens is 642 g/mol. The quantitative estimate of drug-likeness (QED) is 0.0301. The molecule has 5 heteroatoms. The van der Waals surface area contributed by atoms with Gasteiger partial charge in [0.2, 0.25) is 0 Å². The number of rotatable bonds is 32. The third-order valence-corrected chi connectivity index (χ3v) is 8.20. The fraction of sp³-hybridized carbons (Fsp3) is 0.944. The first kappa shape index (κ1) is 46.9. The van der Waals surface area contributed by atoms with E-state index in [2.05, 4.69) is 13.8 Å². The zero-order valence-corrected chi connectivity index (χ0v) is 34.1. The zero-order chi connectivity index (χ0) is 28.5. The Balaban J connectivity index is -0.000000481. The van der Waals surface area contributed by atoms with E-state index in [0.717, 1.165) is 25.7 Å². The summed E-state index contributed by atoms with van der Waals surface area (Å²) in [6.07, 6.45) is 40.1. The molecule has 0 aliphatic rings. The minimum Gasteiger partial charge on any atom is -1.00 e. The molecule has 0 rings (SSSR count). The molecule has 0 radical (unpaired) electrons. The number of hydrogen-bond donors (Lipinski definition) is 0. The summed E-state index contributed by atoms with van der Waals surface area (Å²) in [6.45, 7) is 4.55. The summed E-state index contributed by atoms with van der Waals surface area (Å²) < 4.78 is 5.01. The van der Waals surface area contributed by atoms with Gasteiger partial charge in [0.05, 0.1) is 0 Å². The summed E-state index contributed by atoms with van der Waals surface area (Å²) >= 11 is 0. The molecule has 0 aromatic carbocycles. The van der Waals surface area contributed by atoms with E-state index in [1.807, 2.05) is 0 Å². The Kier molecular flexibility index (Phi) is 47.4. The summed E-state index contributed by atoms with van der Waals surface area (Å²) in [5, 5.41) is 0. The molecule has 0 saturated heterocycles. The Morgan fingerprint density at radius 2 is 0.537 bits per heavy atom. The number of hydrogen-bond acceptors (Lipinski definition) is 3. The van der Waals surface area contributed by atoms with E-state index in [1.54, 1.807) is 0 Å². The van der Waals surface area contributed by atoms with Crippen molar-refractivity contribution < 1.29 is 20.0 Å². The van der Waals surface area contributed by atoms with Crippen molar-refractivity contribution in [3.8, 4) is 0 Å². The first-order chi connectivity index (χ1) is 19.2. The van der Waals surface area contributed by atoms with E-state index in [9.17, 15) is 9.59 Å². The third-order valence-electron chi connectivity index (χ3n) is 8.20. The van der Waals surface area contributed by atoms with Crippen molar-refractivity contribution in [3.05, 3.63) is 0 Å². The van der Waals surface area contributed by atoms with Crippen LogP contribution in [0.15, 0.2) is 0 Å². The van der Waals surface area contributed by atoms with Gasteiger partial charge in [0.25, 0.3) is 0 Å². The smallest absolute Gasteiger partial charge is 1.00 e. The molecule has 0 aliphatic carbocycles. The van der Waals surface area contributed by atoms with Crippen molar-refractivity contribution in [3.63, 3.8) is 0 Å². The van der Waals surface area contributed by atoms with Gasteiger partial charge in [0.1, 0.15) is 0 Å². The van der Waals surface area contributed by atoms with Gasteiger partial charge in [-0.2, -0.15) is 0 Å². The predicted molar refractivity (Wildman–Crippen MR) is 186 cm³/mol. The Hall–Kier alpha value is 1.48. The standard InChI is InChI=1S/C36H70O3.Ba.Mg.4H/c1-3-5-7-9-11-13-15-17-19-21-23-25-27-29-31-33-35(37)39-36(38)34-32-30-28-26-24-22-20-18-16-14-12-10-8-6-4-2;;;;;;/h3-34H2,1-2H3;;;;;;/q;2*+2;4*-1. The van der Waals surface area contributed by atoms with E-state index in [1.165, 1.54) is 167 Å². The first-order valence-electron chi connectivity index (χ1n) is 17.9. The van der Waals surface area contributed by atoms with E-state index in [4.69, 9.17) is 4.74 Å². The van der Waals surface area contributed by atoms with E-state index in [-0.39, 0.29) is 89.6 Å². The van der Waals surface area contributed by atoms with Gasteiger partial charge < -0.3 is 10.4 Å². The van der Waals surface area contributed by atoms with Crippen LogP contribution in [0.25, 0.3) is 0 Å². The van der Waals surface area contributed by atoms with Gasteiger partial charge in [-0.3, -0.25) is 9.59 Å². The molecule has 0 spiro atoms. The van der Waals surface area contributed by atoms with Gasteiger partial charge in [-0.15, -0.1) is 0 Å². The first-order valence-corrected chi connectivity index (χ1v) is 17.9. The maximum Gasteiger partial charge on any atom is 2.00 e. The number of ether oxygens (including phenoxy) is 1. The number of esters is 2. The summed E-state index contributed by atoms with van der Waals surface area (Å²) in [4.78, 5) is 23.8. The molecular formula is C36H74BaMgO3. The van der Waals surface area contributed by atoms with Gasteiger partial charge in [-0.25, -0.2) is 0 Å². The molecule has 0 heterocycles. The van der Waals surface area contributed by atoms with Gasteiger partial charge >= 0.3 is 83.9 Å². The second kappa shape index (κ2) is 41.5. The SMILES string of the molecule is CCCCCCCCCCCCCCCCCC(=O)OC(=O)CCCCCCCCCCCCCCCCC.[Ba+2].[H-].[H-].[H-].[H-].[Mg+2]. The van der Waals surface area contributed by atoms with Crippen LogP contribution in [-0.4, -0.2) is 83.9 Å². The van der Waals surface area contributed by atoms with Crippen molar-refractivity contribution in [1.29, 1.82) is 0 Å². The normalized spacial score (nSPS) is 10.7. The minimum absolute atomic E-state index is 0. The second-order valence-electron chi connectivity index (χ2n) is 12.2. The summed E-state index contributed by atoms with van der Waals surface area (Å²) in [7, 11) is 0. The van der Waals surface area contributed by atoms with Crippen molar-refractivity contribution >= 4 is 83.9 Å². The number of unbranched alkanes of at least 4 members (excludes halogenated alkanes) is 28. The molecule has 0 N–H and O–H groups in total. The van der Waals surface area contributed by atoms with Gasteiger partial charge in [0.15, 0.2) is 0 Å². The Bertz CT molecular complexity index is 491. The molecule has 0 aromatic rings. The Labute approximate surface area is 320 Å². The second-order valence-corrected chi connectivity index (χ2v) is 12.2. The van der Waals surface area contributed by atoms with Gasteiger partial charge in [-0.1, -0.05) is 194 Å². The maximum absolute atomic E-state index is 11.9. The molecule has 0 aromatic heterocycles. The number of carbonyl (C=O) groups is 2. The van der Waals surface area contributed by atoms with Crippen LogP contribution >= 0.6 is 0 Å². The fourth-order valence-corrected chi connectivity index (χ4v) is 5.51. The molecule has 0 aliphatic heterocycles. The largest absolute Gasteiger partial charge is 2.00 e. The van der Waals surface area contributed by atoms with Crippen LogP contribution in [0, 0.1) is 0 Å². The van der Waals surface area contributed by atoms with E-state index in [0.29, 0.717) is 12.8 Å². The Morgan fingerprint density at radius 3 is 0.732 bits per heavy atom. The van der Waals surface area contributed by atoms with Crippen LogP contribution in [-0.2, 0) is 14.3 Å². The van der Waals surface area contributed by atoms with Crippen LogP contribution < -0.4 is 0 Å². The van der Waals surface area contributed by atoms with Crippen LogP contribution in [0.3, 0.4) is 0 Å². The average Bonchev–Trinajstić information content (AvgIpc) is 2.93. The van der Waals surface area contributed by atoms with Crippen molar-refractivity contribution in [2.24, 2.45) is 0 Å². The van der Waals surface area contributed by atoms with Gasteiger partial charge in [0, 0.05) is 12.8 Å². The van der Waals surface area contributed by atoms with Crippen molar-refractivity contribution in [2.75, 3.05) is 0 Å². The van der Waals surface area contributed by atoms with Crippen LogP contribution in [0.1, 0.15) is 225 Å². The summed E-state index contributed by atoms with van der Waals surface area (Å²) in [5.41, 5.74) is 0. The number of carbonyl (C=O) groups excluding carboxylic acids is 2. The third kappa shape index (κ3) is 41.5. The average molecular weight is 717 g/mol. The summed E-state index contributed by atoms with van der Waals surface area (Å²) in [6, 6.07) is 0. The minimum atomic E-state index is -0.323. The Morgan fingerprint density at radius 1 is 0.366 bits per heavy atom. The molecule has 3 nitrogen and oxygen atoms in total. The van der Waals surface area contributed by atoms with Crippen LogP contribution in [0.2, 0.25) is 0 Å². The molecule has 240 valence electrons. The predicted octanol–water partition coefficient (Wildman–Crippen LogP) is 12.3. The monoisotopic (exact) mass is 716 g/mol. The molecule has 0 unspecified atom stereocenters. The summed E-state index contributed by atoms with van der Waals surface area (Å²) in [5.74, 6) is -0.647. The van der Waals surface area contributed by atoms with E-state index >= 15 is 0 Å². The fourth-order valence-electron chi connectivity index (χ4n) is 5.51. The molecule has 0 fully saturated rings. The van der Waals surface area contributed by atoms with Crippen molar-refractivity contribution in [2.45, 2.75) is 219 Å². The van der Waals surface area contributed by atoms with Crippen molar-refractivity contribution in [1.82, 2.24) is 0 Å². The zero-order valence-electron chi connectivity index (χ0n) is 32.3.